The van der Waals surface area contributed by atoms with Crippen LogP contribution in [0.5, 0.6) is 11.5 Å². The molecule has 1 unspecified atom stereocenters. The molecule has 1 atom stereocenters. The number of carbonyl (C=O) groups excluding carboxylic acids is 1. The zero-order valence-electron chi connectivity index (χ0n) is 21.1. The average molecular weight is 567 g/mol. The third-order valence-electron chi connectivity index (χ3n) is 7.20. The smallest absolute Gasteiger partial charge is 0.407 e. The summed E-state index contributed by atoms with van der Waals surface area (Å²) >= 11 is 0. The highest BCUT2D eigenvalue weighted by Gasteiger charge is 2.35. The van der Waals surface area contributed by atoms with Gasteiger partial charge in [-0.1, -0.05) is 12.5 Å². The summed E-state index contributed by atoms with van der Waals surface area (Å²) in [5.41, 5.74) is 0.795. The van der Waals surface area contributed by atoms with Crippen molar-refractivity contribution in [2.75, 3.05) is 6.54 Å². The van der Waals surface area contributed by atoms with Crippen LogP contribution in [0.15, 0.2) is 41.2 Å². The summed E-state index contributed by atoms with van der Waals surface area (Å²) in [5.74, 6) is -4.27. The largest absolute Gasteiger partial charge is 0.573 e. The molecule has 1 aromatic heterocycles. The summed E-state index contributed by atoms with van der Waals surface area (Å²) < 4.78 is 89.2. The van der Waals surface area contributed by atoms with E-state index in [4.69, 9.17) is 4.74 Å². The number of aryl methyl sites for hydroxylation is 1. The highest BCUT2D eigenvalue weighted by molar-refractivity contribution is 5.71. The highest BCUT2D eigenvalue weighted by atomic mass is 19.4. The Labute approximate surface area is 224 Å². The van der Waals surface area contributed by atoms with Gasteiger partial charge in [0.25, 0.3) is 5.56 Å². The van der Waals surface area contributed by atoms with Crippen LogP contribution in [0.4, 0.5) is 31.1 Å². The van der Waals surface area contributed by atoms with Crippen molar-refractivity contribution in [2.45, 2.75) is 51.6 Å². The van der Waals surface area contributed by atoms with Crippen molar-refractivity contribution in [2.24, 2.45) is 5.92 Å². The predicted octanol–water partition coefficient (Wildman–Crippen LogP) is 5.81. The second-order valence-electron chi connectivity index (χ2n) is 9.75. The van der Waals surface area contributed by atoms with E-state index in [0.29, 0.717) is 28.7 Å². The normalized spacial score (nSPS) is 16.2. The lowest BCUT2D eigenvalue weighted by Gasteiger charge is -2.37. The van der Waals surface area contributed by atoms with Gasteiger partial charge in [0, 0.05) is 18.2 Å². The Morgan fingerprint density at radius 1 is 1.05 bits per heavy atom. The molecular formula is C27H23F6N3O4. The summed E-state index contributed by atoms with van der Waals surface area (Å²) in [6.07, 6.45) is -3.31. The summed E-state index contributed by atoms with van der Waals surface area (Å²) in [7, 11) is 0. The van der Waals surface area contributed by atoms with Crippen LogP contribution in [0.25, 0.3) is 0 Å². The van der Waals surface area contributed by atoms with Gasteiger partial charge in [-0.15, -0.1) is 13.2 Å². The molecule has 0 N–H and O–H groups in total. The van der Waals surface area contributed by atoms with Gasteiger partial charge in [-0.3, -0.25) is 9.36 Å². The lowest BCUT2D eigenvalue weighted by atomic mass is 9.77. The van der Waals surface area contributed by atoms with Gasteiger partial charge in [-0.25, -0.2) is 22.9 Å². The first-order chi connectivity index (χ1) is 18.9. The van der Waals surface area contributed by atoms with Crippen LogP contribution >= 0.6 is 0 Å². The number of rotatable bonds is 5. The first-order valence-corrected chi connectivity index (χ1v) is 12.5. The Kier molecular flexibility index (Phi) is 7.23. The average Bonchev–Trinajstić information content (AvgIpc) is 2.84. The summed E-state index contributed by atoms with van der Waals surface area (Å²) in [4.78, 5) is 32.1. The van der Waals surface area contributed by atoms with Crippen LogP contribution in [0.3, 0.4) is 0 Å². The molecule has 1 amide bonds. The molecule has 0 bridgehead atoms. The number of amides is 1. The number of benzene rings is 2. The minimum Gasteiger partial charge on any atom is -0.407 e. The van der Waals surface area contributed by atoms with Gasteiger partial charge >= 0.3 is 12.5 Å². The summed E-state index contributed by atoms with van der Waals surface area (Å²) in [6.45, 7) is 1.52. The van der Waals surface area contributed by atoms with Crippen LogP contribution in [-0.4, -0.2) is 33.5 Å². The summed E-state index contributed by atoms with van der Waals surface area (Å²) in [5, 5.41) is 0. The Hall–Kier alpha value is -4.03. The molecule has 212 valence electrons. The number of ether oxygens (including phenoxy) is 2. The van der Waals surface area contributed by atoms with Gasteiger partial charge < -0.3 is 14.4 Å². The van der Waals surface area contributed by atoms with Gasteiger partial charge in [0.15, 0.2) is 23.2 Å². The van der Waals surface area contributed by atoms with Gasteiger partial charge in [-0.2, -0.15) is 0 Å². The van der Waals surface area contributed by atoms with E-state index < -0.39 is 47.4 Å². The predicted molar refractivity (Wildman–Crippen MR) is 128 cm³/mol. The van der Waals surface area contributed by atoms with Crippen LogP contribution in [-0.2, 0) is 13.0 Å². The molecule has 5 rings (SSSR count). The third kappa shape index (κ3) is 5.50. The minimum absolute atomic E-state index is 0.0297. The number of halogens is 6. The Morgan fingerprint density at radius 2 is 1.80 bits per heavy atom. The minimum atomic E-state index is -5.01. The number of alkyl halides is 3. The first kappa shape index (κ1) is 27.5. The SMILES string of the molecule is Cc1nc2c(c(=O)n1C(c1ccc(F)c(F)c1)C1CCC1)CCN(C(=O)Oc1ccc(OC(F)(F)F)cc1F)C2. The molecule has 3 aromatic rings. The molecule has 1 saturated carbocycles. The van der Waals surface area contributed by atoms with E-state index in [1.165, 1.54) is 15.5 Å². The fraction of sp³-hybridized carbons (Fsp3) is 0.370. The summed E-state index contributed by atoms with van der Waals surface area (Å²) in [6, 6.07) is 5.15. The molecule has 0 radical (unpaired) electrons. The molecule has 2 aromatic carbocycles. The van der Waals surface area contributed by atoms with Gasteiger partial charge in [-0.05, 0) is 61.9 Å². The molecule has 2 heterocycles. The number of carbonyl (C=O) groups is 1. The van der Waals surface area contributed by atoms with Crippen LogP contribution in [0, 0.1) is 30.3 Å². The van der Waals surface area contributed by atoms with Crippen molar-refractivity contribution in [1.82, 2.24) is 14.5 Å². The van der Waals surface area contributed by atoms with Crippen molar-refractivity contribution in [3.05, 3.63) is 86.8 Å². The van der Waals surface area contributed by atoms with Gasteiger partial charge in [0.2, 0.25) is 0 Å². The van der Waals surface area contributed by atoms with Crippen molar-refractivity contribution < 1.29 is 40.6 Å². The number of hydrogen-bond donors (Lipinski definition) is 0. The zero-order valence-corrected chi connectivity index (χ0v) is 21.1. The van der Waals surface area contributed by atoms with E-state index in [1.54, 1.807) is 6.92 Å². The van der Waals surface area contributed by atoms with E-state index in [2.05, 4.69) is 9.72 Å². The molecule has 0 saturated heterocycles. The number of nitrogens with zero attached hydrogens (tertiary/aromatic N) is 3. The van der Waals surface area contributed by atoms with Crippen molar-refractivity contribution >= 4 is 6.09 Å². The second-order valence-corrected chi connectivity index (χ2v) is 9.75. The molecule has 1 aliphatic heterocycles. The molecule has 1 aliphatic carbocycles. The lowest BCUT2D eigenvalue weighted by Crippen LogP contribution is -2.44. The van der Waals surface area contributed by atoms with E-state index >= 15 is 0 Å². The maximum atomic E-state index is 14.3. The molecule has 2 aliphatic rings. The highest BCUT2D eigenvalue weighted by Crippen LogP contribution is 2.40. The second kappa shape index (κ2) is 10.5. The standard InChI is InChI=1S/C27H23F6N3O4/c1-14-34-22-13-35(26(38)39-23-8-6-17(12-21(23)30)40-27(31,32)33)10-9-18(22)25(37)36(14)24(15-3-2-4-15)16-5-7-19(28)20(29)11-16/h5-8,11-12,15,24H,2-4,9-10,13H2,1H3. The number of fused-ring (bicyclic) bond motifs is 1. The first-order valence-electron chi connectivity index (χ1n) is 12.5. The van der Waals surface area contributed by atoms with Crippen molar-refractivity contribution in [1.29, 1.82) is 0 Å². The van der Waals surface area contributed by atoms with Crippen LogP contribution in [0.1, 0.15) is 47.9 Å². The third-order valence-corrected chi connectivity index (χ3v) is 7.20. The lowest BCUT2D eigenvalue weighted by molar-refractivity contribution is -0.274. The molecule has 0 spiro atoms. The topological polar surface area (TPSA) is 73.7 Å². The van der Waals surface area contributed by atoms with Crippen LogP contribution < -0.4 is 15.0 Å². The molecule has 7 nitrogen and oxygen atoms in total. The Morgan fingerprint density at radius 3 is 2.42 bits per heavy atom. The molecular weight excluding hydrogens is 544 g/mol. The fourth-order valence-electron chi connectivity index (χ4n) is 5.11. The molecule has 13 heteroatoms. The monoisotopic (exact) mass is 567 g/mol. The Bertz CT molecular complexity index is 1520. The molecule has 40 heavy (non-hydrogen) atoms. The van der Waals surface area contributed by atoms with Crippen molar-refractivity contribution in [3.63, 3.8) is 0 Å². The van der Waals surface area contributed by atoms with Crippen LogP contribution in [0.2, 0.25) is 0 Å². The molecule has 1 fully saturated rings. The maximum Gasteiger partial charge on any atom is 0.573 e. The maximum absolute atomic E-state index is 14.3. The Balaban J connectivity index is 1.38. The van der Waals surface area contributed by atoms with E-state index in [-0.39, 0.29) is 31.0 Å². The quantitative estimate of drug-likeness (QED) is 0.364. The van der Waals surface area contributed by atoms with E-state index in [9.17, 15) is 35.9 Å². The van der Waals surface area contributed by atoms with Gasteiger partial charge in [0.1, 0.15) is 11.6 Å². The zero-order chi connectivity index (χ0) is 28.8. The number of aromatic nitrogens is 2. The van der Waals surface area contributed by atoms with E-state index in [0.717, 1.165) is 43.5 Å². The fourth-order valence-corrected chi connectivity index (χ4v) is 5.11. The number of hydrogen-bond acceptors (Lipinski definition) is 5. The van der Waals surface area contributed by atoms with Crippen molar-refractivity contribution in [3.8, 4) is 11.5 Å². The van der Waals surface area contributed by atoms with E-state index in [1.807, 2.05) is 0 Å². The van der Waals surface area contributed by atoms with Gasteiger partial charge in [0.05, 0.1) is 18.3 Å².